The maximum Gasteiger partial charge on any atom is 0.243 e. The average molecular weight is 528 g/mol. The Morgan fingerprint density at radius 3 is 2.11 bits per heavy atom. The summed E-state index contributed by atoms with van der Waals surface area (Å²) in [4.78, 5) is 28.1. The average Bonchev–Trinajstić information content (AvgIpc) is 2.87. The molecule has 9 heteroatoms. The van der Waals surface area contributed by atoms with Gasteiger partial charge >= 0.3 is 0 Å². The number of sulfonamides is 1. The van der Waals surface area contributed by atoms with E-state index in [1.807, 2.05) is 61.5 Å². The molecule has 3 rings (SSSR count). The van der Waals surface area contributed by atoms with Gasteiger partial charge in [-0.2, -0.15) is 4.31 Å². The van der Waals surface area contributed by atoms with Gasteiger partial charge in [-0.3, -0.25) is 9.59 Å². The third kappa shape index (κ3) is 6.94. The molecule has 0 spiro atoms. The van der Waals surface area contributed by atoms with Crippen LogP contribution in [0.5, 0.6) is 0 Å². The summed E-state index contributed by atoms with van der Waals surface area (Å²) >= 11 is 5.89. The Hall–Kier alpha value is -3.20. The van der Waals surface area contributed by atoms with Crippen molar-refractivity contribution in [1.29, 1.82) is 0 Å². The smallest absolute Gasteiger partial charge is 0.243 e. The Labute approximate surface area is 217 Å². The molecule has 7 nitrogen and oxygen atoms in total. The number of nitrogens with zero attached hydrogens (tertiary/aromatic N) is 2. The van der Waals surface area contributed by atoms with Crippen molar-refractivity contribution in [2.75, 3.05) is 20.6 Å². The summed E-state index contributed by atoms with van der Waals surface area (Å²) < 4.78 is 27.2. The van der Waals surface area contributed by atoms with E-state index in [4.69, 9.17) is 11.6 Å². The van der Waals surface area contributed by atoms with E-state index in [1.165, 1.54) is 43.3 Å². The summed E-state index contributed by atoms with van der Waals surface area (Å²) in [6, 6.07) is 22.0. The van der Waals surface area contributed by atoms with Crippen LogP contribution in [0.25, 0.3) is 0 Å². The van der Waals surface area contributed by atoms with Gasteiger partial charge in [0.2, 0.25) is 21.8 Å². The van der Waals surface area contributed by atoms with Crippen LogP contribution < -0.4 is 5.32 Å². The van der Waals surface area contributed by atoms with Crippen LogP contribution in [-0.4, -0.2) is 56.1 Å². The van der Waals surface area contributed by atoms with Crippen LogP contribution in [0.4, 0.5) is 0 Å². The van der Waals surface area contributed by atoms with E-state index >= 15 is 0 Å². The van der Waals surface area contributed by atoms with Crippen molar-refractivity contribution in [1.82, 2.24) is 14.5 Å². The Bertz CT molecular complexity index is 1280. The molecule has 0 aliphatic carbocycles. The molecule has 0 saturated carbocycles. The van der Waals surface area contributed by atoms with Gasteiger partial charge in [-0.15, -0.1) is 0 Å². The predicted octanol–water partition coefficient (Wildman–Crippen LogP) is 3.66. The molecule has 0 aromatic heterocycles. The van der Waals surface area contributed by atoms with E-state index in [0.717, 1.165) is 21.0 Å². The highest BCUT2D eigenvalue weighted by Crippen LogP contribution is 2.19. The zero-order valence-corrected chi connectivity index (χ0v) is 22.1. The quantitative estimate of drug-likeness (QED) is 0.436. The van der Waals surface area contributed by atoms with Gasteiger partial charge < -0.3 is 10.2 Å². The number of halogens is 1. The number of nitrogens with one attached hydrogen (secondary N) is 1. The van der Waals surface area contributed by atoms with Crippen molar-refractivity contribution in [3.63, 3.8) is 0 Å². The van der Waals surface area contributed by atoms with Gasteiger partial charge in [0.1, 0.15) is 6.04 Å². The molecule has 1 N–H and O–H groups in total. The lowest BCUT2D eigenvalue weighted by Gasteiger charge is -2.32. The highest BCUT2D eigenvalue weighted by Gasteiger charge is 2.32. The Morgan fingerprint density at radius 1 is 0.917 bits per heavy atom. The normalized spacial score (nSPS) is 12.2. The van der Waals surface area contributed by atoms with Gasteiger partial charge in [-0.1, -0.05) is 71.8 Å². The van der Waals surface area contributed by atoms with Gasteiger partial charge in [-0.25, -0.2) is 8.42 Å². The van der Waals surface area contributed by atoms with Crippen molar-refractivity contribution in [3.05, 3.63) is 101 Å². The highest BCUT2D eigenvalue weighted by molar-refractivity contribution is 7.89. The predicted molar refractivity (Wildman–Crippen MR) is 141 cm³/mol. The van der Waals surface area contributed by atoms with Crippen molar-refractivity contribution in [2.24, 2.45) is 0 Å². The van der Waals surface area contributed by atoms with Crippen LogP contribution in [0.3, 0.4) is 0 Å². The molecule has 0 aliphatic rings. The second kappa shape index (κ2) is 12.2. The zero-order chi connectivity index (χ0) is 26.3. The zero-order valence-electron chi connectivity index (χ0n) is 20.5. The molecule has 0 saturated heterocycles. The van der Waals surface area contributed by atoms with Crippen LogP contribution >= 0.6 is 11.6 Å². The summed E-state index contributed by atoms with van der Waals surface area (Å²) in [6.07, 6.45) is 0.283. The van der Waals surface area contributed by atoms with Gasteiger partial charge in [-0.05, 0) is 42.3 Å². The van der Waals surface area contributed by atoms with Crippen molar-refractivity contribution >= 4 is 33.4 Å². The minimum Gasteiger partial charge on any atom is -0.357 e. The van der Waals surface area contributed by atoms with Crippen molar-refractivity contribution < 1.29 is 18.0 Å². The number of likely N-dealkylation sites (N-methyl/N-ethyl adjacent to an activating group) is 2. The second-order valence-electron chi connectivity index (χ2n) is 8.54. The van der Waals surface area contributed by atoms with E-state index in [2.05, 4.69) is 5.32 Å². The summed E-state index contributed by atoms with van der Waals surface area (Å²) in [5, 5.41) is 3.06. The molecule has 1 atom stereocenters. The number of carbonyl (C=O) groups is 2. The molecule has 3 aromatic rings. The summed E-state index contributed by atoms with van der Waals surface area (Å²) in [5.74, 6) is -0.817. The number of benzene rings is 3. The van der Waals surface area contributed by atoms with E-state index in [1.54, 1.807) is 0 Å². The van der Waals surface area contributed by atoms with Crippen molar-refractivity contribution in [2.45, 2.75) is 30.8 Å². The third-order valence-corrected chi connectivity index (χ3v) is 7.94. The second-order valence-corrected chi connectivity index (χ2v) is 11.0. The highest BCUT2D eigenvalue weighted by atomic mass is 35.5. The van der Waals surface area contributed by atoms with E-state index in [0.29, 0.717) is 5.02 Å². The maximum atomic E-state index is 13.6. The fourth-order valence-electron chi connectivity index (χ4n) is 3.76. The Balaban J connectivity index is 1.93. The number of aryl methyl sites for hydroxylation is 1. The summed E-state index contributed by atoms with van der Waals surface area (Å²) in [5.41, 5.74) is 2.78. The molecule has 0 fully saturated rings. The molecule has 0 unspecified atom stereocenters. The molecule has 0 heterocycles. The van der Waals surface area contributed by atoms with Crippen molar-refractivity contribution in [3.8, 4) is 0 Å². The summed E-state index contributed by atoms with van der Waals surface area (Å²) in [6.45, 7) is 1.68. The van der Waals surface area contributed by atoms with Crippen LogP contribution in [0.1, 0.15) is 16.7 Å². The first-order valence-corrected chi connectivity index (χ1v) is 13.3. The SMILES string of the molecule is CNC(=O)[C@@H](Cc1ccccc1)N(Cc1ccc(C)cc1)C(=O)CN(C)S(=O)(=O)c1ccc(Cl)cc1. The van der Waals surface area contributed by atoms with Crippen LogP contribution in [0, 0.1) is 6.92 Å². The minimum absolute atomic E-state index is 0.0272. The first-order valence-electron chi connectivity index (χ1n) is 11.4. The molecule has 0 aliphatic heterocycles. The largest absolute Gasteiger partial charge is 0.357 e. The van der Waals surface area contributed by atoms with Crippen LogP contribution in [0.15, 0.2) is 83.8 Å². The van der Waals surface area contributed by atoms with Gasteiger partial charge in [0, 0.05) is 32.1 Å². The van der Waals surface area contributed by atoms with E-state index in [9.17, 15) is 18.0 Å². The molecular formula is C27H30ClN3O4S. The Kier molecular flexibility index (Phi) is 9.25. The number of hydrogen-bond donors (Lipinski definition) is 1. The first kappa shape index (κ1) is 27.4. The van der Waals surface area contributed by atoms with E-state index in [-0.39, 0.29) is 23.8 Å². The Morgan fingerprint density at radius 2 is 1.53 bits per heavy atom. The molecule has 0 radical (unpaired) electrons. The lowest BCUT2D eigenvalue weighted by atomic mass is 10.0. The number of carbonyl (C=O) groups excluding carboxylic acids is 2. The van der Waals surface area contributed by atoms with Gasteiger partial charge in [0.05, 0.1) is 11.4 Å². The molecule has 36 heavy (non-hydrogen) atoms. The lowest BCUT2D eigenvalue weighted by molar-refractivity contribution is -0.141. The molecule has 3 aromatic carbocycles. The molecule has 0 bridgehead atoms. The standard InChI is InChI=1S/C27H30ClN3O4S/c1-20-9-11-22(12-10-20)18-31(25(27(33)29-2)17-21-7-5-4-6-8-21)26(32)19-30(3)36(34,35)24-15-13-23(28)14-16-24/h4-16,25H,17-19H2,1-3H3,(H,29,33)/t25-/m1/s1. The first-order chi connectivity index (χ1) is 17.1. The number of rotatable bonds is 10. The van der Waals surface area contributed by atoms with Gasteiger partial charge in [0.25, 0.3) is 0 Å². The minimum atomic E-state index is -3.95. The molecule has 190 valence electrons. The van der Waals surface area contributed by atoms with Crippen LogP contribution in [0.2, 0.25) is 5.02 Å². The fraction of sp³-hybridized carbons (Fsp3) is 0.259. The van der Waals surface area contributed by atoms with E-state index < -0.39 is 28.5 Å². The summed E-state index contributed by atoms with van der Waals surface area (Å²) in [7, 11) is -1.08. The molecule has 2 amide bonds. The van der Waals surface area contributed by atoms with Crippen LogP contribution in [-0.2, 0) is 32.6 Å². The topological polar surface area (TPSA) is 86.8 Å². The molecular weight excluding hydrogens is 498 g/mol. The maximum absolute atomic E-state index is 13.6. The third-order valence-electron chi connectivity index (χ3n) is 5.87. The monoisotopic (exact) mass is 527 g/mol. The number of hydrogen-bond acceptors (Lipinski definition) is 4. The lowest BCUT2D eigenvalue weighted by Crippen LogP contribution is -2.52. The van der Waals surface area contributed by atoms with Gasteiger partial charge in [0.15, 0.2) is 0 Å². The fourth-order valence-corrected chi connectivity index (χ4v) is 5.01. The number of amides is 2.